The van der Waals surface area contributed by atoms with E-state index in [1.165, 1.54) is 0 Å². The summed E-state index contributed by atoms with van der Waals surface area (Å²) in [4.78, 5) is 26.3. The Morgan fingerprint density at radius 3 is 2.72 bits per heavy atom. The number of carbonyl (C=O) groups excluding carboxylic acids is 2. The lowest BCUT2D eigenvalue weighted by atomic mass is 10.1. The number of aryl methyl sites for hydroxylation is 2. The molecule has 1 aromatic heterocycles. The summed E-state index contributed by atoms with van der Waals surface area (Å²) in [6.45, 7) is 6.16. The van der Waals surface area contributed by atoms with Gasteiger partial charge >= 0.3 is 0 Å². The minimum atomic E-state index is -0.267. The van der Waals surface area contributed by atoms with Crippen LogP contribution in [0.1, 0.15) is 23.4 Å². The molecule has 6 nitrogen and oxygen atoms in total. The summed E-state index contributed by atoms with van der Waals surface area (Å²) in [6, 6.07) is 11.9. The quantitative estimate of drug-likeness (QED) is 0.870. The summed E-state index contributed by atoms with van der Waals surface area (Å²) in [6.07, 6.45) is 0.290. The Morgan fingerprint density at radius 1 is 1.28 bits per heavy atom. The zero-order valence-electron chi connectivity index (χ0n) is 14.7. The number of carbonyl (C=O) groups is 2. The van der Waals surface area contributed by atoms with Gasteiger partial charge in [0.15, 0.2) is 0 Å². The van der Waals surface area contributed by atoms with Gasteiger partial charge in [0.05, 0.1) is 18.2 Å². The summed E-state index contributed by atoms with van der Waals surface area (Å²) in [5.41, 5.74) is 3.14. The van der Waals surface area contributed by atoms with Gasteiger partial charge in [0, 0.05) is 31.7 Å². The van der Waals surface area contributed by atoms with Gasteiger partial charge in [-0.25, -0.2) is 0 Å². The normalized spacial score (nSPS) is 17.1. The molecule has 1 atom stereocenters. The molecule has 2 heterocycles. The monoisotopic (exact) mass is 340 g/mol. The van der Waals surface area contributed by atoms with Crippen molar-refractivity contribution in [3.8, 4) is 0 Å². The molecule has 0 saturated carbocycles. The number of hydrogen-bond donors (Lipinski definition) is 1. The van der Waals surface area contributed by atoms with E-state index in [1.807, 2.05) is 54.9 Å². The summed E-state index contributed by atoms with van der Waals surface area (Å²) in [5.74, 6) is -0.273. The fourth-order valence-corrected chi connectivity index (χ4v) is 3.24. The average molecular weight is 340 g/mol. The number of hydrogen-bond acceptors (Lipinski definition) is 3. The zero-order chi connectivity index (χ0) is 17.8. The van der Waals surface area contributed by atoms with Crippen molar-refractivity contribution in [2.24, 2.45) is 5.92 Å². The molecule has 1 saturated heterocycles. The Bertz CT molecular complexity index is 754. The molecule has 0 unspecified atom stereocenters. The van der Waals surface area contributed by atoms with Crippen LogP contribution in [0.15, 0.2) is 36.4 Å². The molecule has 1 aliphatic rings. The van der Waals surface area contributed by atoms with E-state index in [4.69, 9.17) is 0 Å². The van der Waals surface area contributed by atoms with Crippen LogP contribution in [0.25, 0.3) is 0 Å². The number of amides is 2. The van der Waals surface area contributed by atoms with E-state index in [9.17, 15) is 9.59 Å². The first-order chi connectivity index (χ1) is 12.0. The molecule has 1 aliphatic heterocycles. The first kappa shape index (κ1) is 17.2. The average Bonchev–Trinajstić information content (AvgIpc) is 3.11. The number of likely N-dealkylation sites (tertiary alicyclic amines) is 1. The summed E-state index contributed by atoms with van der Waals surface area (Å²) < 4.78 is 1.89. The highest BCUT2D eigenvalue weighted by Gasteiger charge is 2.33. The Hall–Kier alpha value is -2.63. The molecule has 0 radical (unpaired) electrons. The lowest BCUT2D eigenvalue weighted by molar-refractivity contribution is -0.129. The van der Waals surface area contributed by atoms with Crippen LogP contribution < -0.4 is 5.32 Å². The molecule has 2 amide bonds. The molecule has 0 spiro atoms. The van der Waals surface area contributed by atoms with E-state index in [-0.39, 0.29) is 17.7 Å². The Kier molecular flexibility index (Phi) is 5.16. The summed E-state index contributed by atoms with van der Waals surface area (Å²) in [7, 11) is 0. The molecule has 132 valence electrons. The molecule has 0 bridgehead atoms. The Labute approximate surface area is 147 Å². The van der Waals surface area contributed by atoms with Crippen molar-refractivity contribution in [3.63, 3.8) is 0 Å². The second-order valence-corrected chi connectivity index (χ2v) is 6.60. The SMILES string of the molecule is Cc1cc(C)n(CCNC(=O)[C@@H]2CC(=O)N(Cc3ccccc3)C2)n1. The first-order valence-electron chi connectivity index (χ1n) is 8.63. The molecule has 1 fully saturated rings. The van der Waals surface area contributed by atoms with E-state index in [0.717, 1.165) is 17.0 Å². The van der Waals surface area contributed by atoms with Gasteiger partial charge in [-0.05, 0) is 25.5 Å². The fraction of sp³-hybridized carbons (Fsp3) is 0.421. The Balaban J connectivity index is 1.48. The second kappa shape index (κ2) is 7.51. The van der Waals surface area contributed by atoms with Gasteiger partial charge in [-0.2, -0.15) is 5.10 Å². The van der Waals surface area contributed by atoms with E-state index < -0.39 is 0 Å². The van der Waals surface area contributed by atoms with Gasteiger partial charge in [-0.1, -0.05) is 30.3 Å². The van der Waals surface area contributed by atoms with Gasteiger partial charge < -0.3 is 10.2 Å². The summed E-state index contributed by atoms with van der Waals surface area (Å²) in [5, 5.41) is 7.31. The molecular weight excluding hydrogens is 316 g/mol. The van der Waals surface area contributed by atoms with Crippen molar-refractivity contribution >= 4 is 11.8 Å². The highest BCUT2D eigenvalue weighted by Crippen LogP contribution is 2.20. The minimum Gasteiger partial charge on any atom is -0.354 e. The van der Waals surface area contributed by atoms with E-state index >= 15 is 0 Å². The number of aromatic nitrogens is 2. The van der Waals surface area contributed by atoms with Crippen molar-refractivity contribution in [2.45, 2.75) is 33.4 Å². The molecular formula is C19H24N4O2. The van der Waals surface area contributed by atoms with Crippen LogP contribution in [0.4, 0.5) is 0 Å². The highest BCUT2D eigenvalue weighted by molar-refractivity contribution is 5.89. The van der Waals surface area contributed by atoms with Gasteiger partial charge in [0.1, 0.15) is 0 Å². The van der Waals surface area contributed by atoms with Crippen molar-refractivity contribution < 1.29 is 9.59 Å². The maximum Gasteiger partial charge on any atom is 0.225 e. The van der Waals surface area contributed by atoms with E-state index in [2.05, 4.69) is 10.4 Å². The van der Waals surface area contributed by atoms with E-state index in [1.54, 1.807) is 4.90 Å². The minimum absolute atomic E-state index is 0.0440. The van der Waals surface area contributed by atoms with Crippen molar-refractivity contribution in [1.82, 2.24) is 20.0 Å². The third-order valence-corrected chi connectivity index (χ3v) is 4.53. The number of rotatable bonds is 6. The fourth-order valence-electron chi connectivity index (χ4n) is 3.24. The van der Waals surface area contributed by atoms with Crippen LogP contribution >= 0.6 is 0 Å². The maximum absolute atomic E-state index is 12.3. The largest absolute Gasteiger partial charge is 0.354 e. The van der Waals surface area contributed by atoms with Crippen LogP contribution in [0.2, 0.25) is 0 Å². The molecule has 0 aliphatic carbocycles. The predicted octanol–water partition coefficient (Wildman–Crippen LogP) is 1.66. The first-order valence-corrected chi connectivity index (χ1v) is 8.63. The highest BCUT2D eigenvalue weighted by atomic mass is 16.2. The van der Waals surface area contributed by atoms with Crippen LogP contribution in [0.5, 0.6) is 0 Å². The number of nitrogens with one attached hydrogen (secondary N) is 1. The third kappa shape index (κ3) is 4.26. The van der Waals surface area contributed by atoms with Crippen LogP contribution in [0, 0.1) is 19.8 Å². The topological polar surface area (TPSA) is 67.2 Å². The van der Waals surface area contributed by atoms with Crippen LogP contribution in [-0.4, -0.2) is 39.6 Å². The predicted molar refractivity (Wildman–Crippen MR) is 94.7 cm³/mol. The van der Waals surface area contributed by atoms with Gasteiger partial charge in [-0.3, -0.25) is 14.3 Å². The van der Waals surface area contributed by atoms with Crippen LogP contribution in [-0.2, 0) is 22.7 Å². The van der Waals surface area contributed by atoms with Crippen molar-refractivity contribution in [2.75, 3.05) is 13.1 Å². The molecule has 25 heavy (non-hydrogen) atoms. The molecule has 1 aromatic carbocycles. The molecule has 1 N–H and O–H groups in total. The molecule has 6 heteroatoms. The molecule has 3 rings (SSSR count). The Morgan fingerprint density at radius 2 is 2.04 bits per heavy atom. The zero-order valence-corrected chi connectivity index (χ0v) is 14.7. The third-order valence-electron chi connectivity index (χ3n) is 4.53. The van der Waals surface area contributed by atoms with Crippen molar-refractivity contribution in [1.29, 1.82) is 0 Å². The maximum atomic E-state index is 12.3. The van der Waals surface area contributed by atoms with Gasteiger partial charge in [-0.15, -0.1) is 0 Å². The van der Waals surface area contributed by atoms with Crippen molar-refractivity contribution in [3.05, 3.63) is 53.3 Å². The van der Waals surface area contributed by atoms with Crippen LogP contribution in [0.3, 0.4) is 0 Å². The lowest BCUT2D eigenvalue weighted by Gasteiger charge is -2.16. The van der Waals surface area contributed by atoms with E-state index in [0.29, 0.717) is 32.6 Å². The lowest BCUT2D eigenvalue weighted by Crippen LogP contribution is -2.35. The summed E-state index contributed by atoms with van der Waals surface area (Å²) >= 11 is 0. The second-order valence-electron chi connectivity index (χ2n) is 6.60. The number of nitrogens with zero attached hydrogens (tertiary/aromatic N) is 3. The smallest absolute Gasteiger partial charge is 0.225 e. The van der Waals surface area contributed by atoms with Gasteiger partial charge in [0.25, 0.3) is 0 Å². The number of benzene rings is 1. The standard InChI is InChI=1S/C19H24N4O2/c1-14-10-15(2)23(21-14)9-8-20-19(25)17-11-18(24)22(13-17)12-16-6-4-3-5-7-16/h3-7,10,17H,8-9,11-13H2,1-2H3,(H,20,25)/t17-/m1/s1. The van der Waals surface area contributed by atoms with Gasteiger partial charge in [0.2, 0.25) is 11.8 Å². The molecule has 2 aromatic rings.